The maximum Gasteiger partial charge on any atom is 0.485 e. The third kappa shape index (κ3) is 5.80. The summed E-state index contributed by atoms with van der Waals surface area (Å²) in [7, 11) is -6.09. The number of nitrogens with zero attached hydrogens (tertiary/aromatic N) is 1. The Balaban J connectivity index is 0.000000397. The Morgan fingerprint density at radius 1 is 0.667 bits per heavy atom. The molecule has 0 amide bonds. The van der Waals surface area contributed by atoms with Crippen molar-refractivity contribution in [2.45, 2.75) is 51.6 Å². The molecular weight excluding hydrogens is 595 g/mol. The van der Waals surface area contributed by atoms with Crippen LogP contribution in [0.4, 0.5) is 13.2 Å². The molecule has 0 saturated carbocycles. The zero-order valence-corrected chi connectivity index (χ0v) is 25.8. The van der Waals surface area contributed by atoms with Gasteiger partial charge in [0.15, 0.2) is 16.7 Å². The fourth-order valence-corrected chi connectivity index (χ4v) is 6.81. The third-order valence-corrected chi connectivity index (χ3v) is 9.35. The number of aromatic nitrogens is 1. The Kier molecular flexibility index (Phi) is 8.14. The lowest BCUT2D eigenvalue weighted by molar-refractivity contribution is -0.667. The highest BCUT2D eigenvalue weighted by atomic mass is 32.2. The molecule has 1 heterocycles. The van der Waals surface area contributed by atoms with E-state index in [0.717, 1.165) is 32.2 Å². The second kappa shape index (κ2) is 11.9. The lowest BCUT2D eigenvalue weighted by Crippen LogP contribution is -2.44. The maximum absolute atomic E-state index is 10.7. The standard InChI is InChI=1S/C36H32N.CHF3O3S/c1-24-17-18-25(2)33-29(24)21-22-32-34(28-14-7-4-8-15-28)31-20-19-27-13-9-10-16-30(27)35(31)37(36(32)33)23-26-11-5-3-6-12-26;2-1(3,4)8(5,6)7/h3-18H,19-23H2,1-2H3;(H,5,6,7)/q+1;/p-1. The topological polar surface area (TPSA) is 61.1 Å². The molecule has 4 nitrogen and oxygen atoms in total. The molecule has 8 heteroatoms. The van der Waals surface area contributed by atoms with Crippen LogP contribution in [0.15, 0.2) is 97.1 Å². The number of benzene rings is 4. The normalized spacial score (nSPS) is 13.5. The first-order chi connectivity index (χ1) is 21.5. The van der Waals surface area contributed by atoms with Crippen molar-refractivity contribution >= 4 is 10.1 Å². The van der Waals surface area contributed by atoms with Crippen molar-refractivity contribution in [2.75, 3.05) is 0 Å². The van der Waals surface area contributed by atoms with Gasteiger partial charge in [0, 0.05) is 27.8 Å². The summed E-state index contributed by atoms with van der Waals surface area (Å²) in [6.45, 7) is 5.47. The summed E-state index contributed by atoms with van der Waals surface area (Å²) in [5.74, 6) is 0. The average molecular weight is 628 g/mol. The van der Waals surface area contributed by atoms with E-state index in [0.29, 0.717) is 0 Å². The summed E-state index contributed by atoms with van der Waals surface area (Å²) in [5, 5.41) is 0. The predicted octanol–water partition coefficient (Wildman–Crippen LogP) is 7.89. The molecule has 2 aliphatic carbocycles. The fourth-order valence-electron chi connectivity index (χ4n) is 6.81. The van der Waals surface area contributed by atoms with Crippen LogP contribution in [0, 0.1) is 13.8 Å². The summed E-state index contributed by atoms with van der Waals surface area (Å²) in [6.07, 6.45) is 4.37. The van der Waals surface area contributed by atoms with Gasteiger partial charge in [-0.3, -0.25) is 0 Å². The van der Waals surface area contributed by atoms with E-state index in [2.05, 4.69) is 115 Å². The van der Waals surface area contributed by atoms with Gasteiger partial charge >= 0.3 is 5.51 Å². The second-order valence-corrected chi connectivity index (χ2v) is 12.9. The first-order valence-corrected chi connectivity index (χ1v) is 16.3. The van der Waals surface area contributed by atoms with Gasteiger partial charge in [-0.15, -0.1) is 0 Å². The number of fused-ring (bicyclic) bond motifs is 6. The molecule has 0 fully saturated rings. The van der Waals surface area contributed by atoms with Crippen molar-refractivity contribution in [1.82, 2.24) is 0 Å². The van der Waals surface area contributed by atoms with E-state index < -0.39 is 15.6 Å². The molecule has 2 aliphatic rings. The summed E-state index contributed by atoms with van der Waals surface area (Å²) < 4.78 is 61.6. The van der Waals surface area contributed by atoms with Gasteiger partial charge in [0.25, 0.3) is 0 Å². The van der Waals surface area contributed by atoms with Crippen LogP contribution in [0.1, 0.15) is 38.9 Å². The van der Waals surface area contributed by atoms with Crippen molar-refractivity contribution in [3.05, 3.63) is 136 Å². The number of halogens is 3. The highest BCUT2D eigenvalue weighted by Crippen LogP contribution is 2.46. The summed E-state index contributed by atoms with van der Waals surface area (Å²) in [4.78, 5) is 0. The minimum atomic E-state index is -6.09. The van der Waals surface area contributed by atoms with Crippen molar-refractivity contribution in [1.29, 1.82) is 0 Å². The zero-order chi connectivity index (χ0) is 31.9. The van der Waals surface area contributed by atoms with Crippen LogP contribution in [0.25, 0.3) is 33.6 Å². The lowest BCUT2D eigenvalue weighted by atomic mass is 9.76. The molecule has 1 aromatic heterocycles. The van der Waals surface area contributed by atoms with Crippen LogP contribution in [0.3, 0.4) is 0 Å². The van der Waals surface area contributed by atoms with Gasteiger partial charge < -0.3 is 4.55 Å². The minimum Gasteiger partial charge on any atom is -0.741 e. The van der Waals surface area contributed by atoms with Crippen LogP contribution in [-0.2, 0) is 42.3 Å². The Bertz CT molecular complexity index is 2010. The number of rotatable bonds is 3. The van der Waals surface area contributed by atoms with Crippen LogP contribution >= 0.6 is 0 Å². The molecule has 0 spiro atoms. The van der Waals surface area contributed by atoms with E-state index in [1.165, 1.54) is 72.6 Å². The van der Waals surface area contributed by atoms with Crippen LogP contribution < -0.4 is 4.57 Å². The molecule has 0 N–H and O–H groups in total. The smallest absolute Gasteiger partial charge is 0.485 e. The highest BCUT2D eigenvalue weighted by molar-refractivity contribution is 7.86. The van der Waals surface area contributed by atoms with Crippen LogP contribution in [0.2, 0.25) is 0 Å². The van der Waals surface area contributed by atoms with Crippen molar-refractivity contribution in [3.63, 3.8) is 0 Å². The van der Waals surface area contributed by atoms with Gasteiger partial charge in [-0.25, -0.2) is 8.42 Å². The Labute approximate surface area is 261 Å². The average Bonchev–Trinajstić information content (AvgIpc) is 3.02. The number of pyridine rings is 1. The Hall–Kier alpha value is -4.27. The third-order valence-electron chi connectivity index (χ3n) is 8.78. The SMILES string of the molecule is Cc1ccc(C)c2c1CCc1c(-c3ccccc3)c3c([n+](Cc4ccccc4)c1-2)-c1ccccc1CC3.O=S(=O)([O-])C(F)(F)F. The van der Waals surface area contributed by atoms with E-state index in [4.69, 9.17) is 13.0 Å². The van der Waals surface area contributed by atoms with Crippen molar-refractivity contribution < 1.29 is 30.7 Å². The molecule has 230 valence electrons. The van der Waals surface area contributed by atoms with Gasteiger partial charge in [0.1, 0.15) is 0 Å². The van der Waals surface area contributed by atoms with Gasteiger partial charge in [0.2, 0.25) is 11.4 Å². The molecule has 0 bridgehead atoms. The van der Waals surface area contributed by atoms with Crippen LogP contribution in [-0.4, -0.2) is 18.5 Å². The summed E-state index contributed by atoms with van der Waals surface area (Å²) >= 11 is 0. The zero-order valence-electron chi connectivity index (χ0n) is 25.0. The van der Waals surface area contributed by atoms with Gasteiger partial charge in [-0.05, 0) is 73.4 Å². The lowest BCUT2D eigenvalue weighted by Gasteiger charge is -2.29. The maximum atomic E-state index is 10.7. The Morgan fingerprint density at radius 2 is 1.20 bits per heavy atom. The molecule has 0 radical (unpaired) electrons. The molecule has 0 unspecified atom stereocenters. The Morgan fingerprint density at radius 3 is 1.87 bits per heavy atom. The first kappa shape index (κ1) is 30.7. The van der Waals surface area contributed by atoms with Crippen molar-refractivity contribution in [2.24, 2.45) is 0 Å². The fraction of sp³-hybridized carbons (Fsp3) is 0.216. The molecule has 45 heavy (non-hydrogen) atoms. The number of hydrogen-bond donors (Lipinski definition) is 0. The predicted molar refractivity (Wildman–Crippen MR) is 169 cm³/mol. The van der Waals surface area contributed by atoms with E-state index in [9.17, 15) is 13.2 Å². The van der Waals surface area contributed by atoms with E-state index in [-0.39, 0.29) is 0 Å². The molecule has 0 saturated heterocycles. The summed E-state index contributed by atoms with van der Waals surface area (Å²) in [6, 6.07) is 35.9. The van der Waals surface area contributed by atoms with Gasteiger partial charge in [-0.2, -0.15) is 17.7 Å². The van der Waals surface area contributed by atoms with Gasteiger partial charge in [0.05, 0.1) is 5.56 Å². The largest absolute Gasteiger partial charge is 0.741 e. The van der Waals surface area contributed by atoms with E-state index in [1.54, 1.807) is 0 Å². The monoisotopic (exact) mass is 627 g/mol. The summed E-state index contributed by atoms with van der Waals surface area (Å²) in [5.41, 5.74) is 13.1. The molecule has 5 aromatic rings. The number of hydrogen-bond acceptors (Lipinski definition) is 3. The quantitative estimate of drug-likeness (QED) is 0.116. The molecule has 0 aliphatic heterocycles. The number of aryl methyl sites for hydroxylation is 3. The first-order valence-electron chi connectivity index (χ1n) is 14.9. The van der Waals surface area contributed by atoms with E-state index >= 15 is 0 Å². The molecular formula is C37H32F3NO3S. The minimum absolute atomic E-state index is 0.877. The van der Waals surface area contributed by atoms with Crippen molar-refractivity contribution in [3.8, 4) is 33.6 Å². The molecule has 4 aromatic carbocycles. The van der Waals surface area contributed by atoms with Crippen LogP contribution in [0.5, 0.6) is 0 Å². The van der Waals surface area contributed by atoms with E-state index in [1.807, 2.05) is 0 Å². The van der Waals surface area contributed by atoms with Gasteiger partial charge in [-0.1, -0.05) is 91.0 Å². The molecule has 0 atom stereocenters. The molecule has 7 rings (SSSR count). The second-order valence-electron chi connectivity index (χ2n) is 11.6. The highest BCUT2D eigenvalue weighted by Gasteiger charge is 2.39. The number of alkyl halides is 3.